The number of aliphatic imine (C=N–C) groups is 1. The second-order valence-electron chi connectivity index (χ2n) is 9.55. The Morgan fingerprint density at radius 3 is 2.87 bits per heavy atom. The maximum absolute atomic E-state index is 12.5. The van der Waals surface area contributed by atoms with Gasteiger partial charge in [0.1, 0.15) is 17.2 Å². The second kappa shape index (κ2) is 11.1. The van der Waals surface area contributed by atoms with Crippen molar-refractivity contribution in [2.24, 2.45) is 4.99 Å². The molecule has 0 spiro atoms. The van der Waals surface area contributed by atoms with Crippen molar-refractivity contribution in [1.82, 2.24) is 25.5 Å². The van der Waals surface area contributed by atoms with Gasteiger partial charge in [-0.1, -0.05) is 13.0 Å². The summed E-state index contributed by atoms with van der Waals surface area (Å²) in [6.07, 6.45) is 1.65. The van der Waals surface area contributed by atoms with Crippen LogP contribution in [0.2, 0.25) is 0 Å². The van der Waals surface area contributed by atoms with E-state index in [0.717, 1.165) is 66.0 Å². The quantitative estimate of drug-likeness (QED) is 0.365. The Kier molecular flexibility index (Phi) is 7.25. The number of anilines is 1. The van der Waals surface area contributed by atoms with Crippen LogP contribution in [0, 0.1) is 0 Å². The maximum Gasteiger partial charge on any atom is 0.340 e. The van der Waals surface area contributed by atoms with E-state index in [1.807, 2.05) is 12.1 Å². The zero-order valence-electron chi connectivity index (χ0n) is 22.2. The SMILES string of the molecule is CCOC(=O)c1cccc2[nH]c(CNC3=C4NCN(c5ccsc5)C4=NC(N4CCOCC4)=C(CC)C3)nc12. The van der Waals surface area contributed by atoms with E-state index in [2.05, 4.69) is 49.2 Å². The predicted molar refractivity (Wildman–Crippen MR) is 152 cm³/mol. The van der Waals surface area contributed by atoms with E-state index < -0.39 is 0 Å². The summed E-state index contributed by atoms with van der Waals surface area (Å²) >= 11 is 1.68. The summed E-state index contributed by atoms with van der Waals surface area (Å²) in [6, 6.07) is 7.65. The summed E-state index contributed by atoms with van der Waals surface area (Å²) in [4.78, 5) is 30.5. The Hall–Kier alpha value is -3.83. The number of nitrogens with zero attached hydrogens (tertiary/aromatic N) is 4. The second-order valence-corrected chi connectivity index (χ2v) is 10.3. The molecule has 11 heteroatoms. The van der Waals surface area contributed by atoms with Crippen molar-refractivity contribution in [3.63, 3.8) is 0 Å². The van der Waals surface area contributed by atoms with Crippen LogP contribution in [0.25, 0.3) is 11.0 Å². The maximum atomic E-state index is 12.5. The average Bonchev–Trinajstić information content (AvgIpc) is 3.71. The van der Waals surface area contributed by atoms with Gasteiger partial charge in [-0.3, -0.25) is 0 Å². The van der Waals surface area contributed by atoms with Gasteiger partial charge in [-0.2, -0.15) is 11.3 Å². The summed E-state index contributed by atoms with van der Waals surface area (Å²) in [5, 5.41) is 11.5. The molecule has 10 nitrogen and oxygen atoms in total. The molecule has 0 amide bonds. The van der Waals surface area contributed by atoms with Crippen molar-refractivity contribution < 1.29 is 14.3 Å². The molecule has 2 fully saturated rings. The monoisotopic (exact) mass is 547 g/mol. The van der Waals surface area contributed by atoms with Crippen LogP contribution in [0.15, 0.2) is 62.8 Å². The number of benzene rings is 1. The van der Waals surface area contributed by atoms with Gasteiger partial charge in [0.15, 0.2) is 5.84 Å². The third kappa shape index (κ3) is 4.99. The van der Waals surface area contributed by atoms with Crippen molar-refractivity contribution in [3.05, 3.63) is 69.2 Å². The van der Waals surface area contributed by atoms with Gasteiger partial charge in [0.2, 0.25) is 0 Å². The number of nitrogens with one attached hydrogen (secondary N) is 3. The first-order chi connectivity index (χ1) is 19.2. The number of carbonyl (C=O) groups excluding carboxylic acids is 1. The van der Waals surface area contributed by atoms with Crippen LogP contribution in [-0.4, -0.2) is 66.3 Å². The number of ether oxygens (including phenoxy) is 2. The third-order valence-corrected chi connectivity index (χ3v) is 7.87. The molecule has 3 aliphatic heterocycles. The molecule has 6 rings (SSSR count). The number of imidazole rings is 1. The van der Waals surface area contributed by atoms with Crippen molar-refractivity contribution in [1.29, 1.82) is 0 Å². The van der Waals surface area contributed by atoms with E-state index in [1.165, 1.54) is 5.57 Å². The highest BCUT2D eigenvalue weighted by Gasteiger charge is 2.32. The van der Waals surface area contributed by atoms with Gasteiger partial charge in [-0.15, -0.1) is 0 Å². The number of amidine groups is 1. The number of hydrogen-bond donors (Lipinski definition) is 3. The van der Waals surface area contributed by atoms with Crippen LogP contribution in [0.4, 0.5) is 5.69 Å². The Morgan fingerprint density at radius 2 is 2.10 bits per heavy atom. The minimum Gasteiger partial charge on any atom is -0.462 e. The number of aromatic nitrogens is 2. The summed E-state index contributed by atoms with van der Waals surface area (Å²) in [7, 11) is 0. The number of thiophene rings is 1. The molecule has 0 atom stereocenters. The standard InChI is InChI=1S/C28H33N7O3S/c1-3-18-14-22(29-15-23-31-21-7-5-6-20(24(21)32-23)28(36)38-4-2)25-27(33-26(18)34-9-11-37-12-10-34)35(17-30-25)19-8-13-39-16-19/h5-8,13,16,29-30H,3-4,9-12,14-15,17H2,1-2H3,(H,31,32). The fourth-order valence-corrected chi connectivity index (χ4v) is 5.87. The summed E-state index contributed by atoms with van der Waals surface area (Å²) in [5.41, 5.74) is 6.42. The summed E-state index contributed by atoms with van der Waals surface area (Å²) in [6.45, 7) is 8.55. The number of fused-ring (bicyclic) bond motifs is 2. The number of allylic oxidation sites excluding steroid dienone is 1. The molecular weight excluding hydrogens is 514 g/mol. The summed E-state index contributed by atoms with van der Waals surface area (Å²) in [5.74, 6) is 2.37. The molecule has 3 aliphatic rings. The van der Waals surface area contributed by atoms with Crippen LogP contribution in [0.1, 0.15) is 42.9 Å². The number of esters is 1. The lowest BCUT2D eigenvalue weighted by Gasteiger charge is -2.31. The molecule has 0 saturated carbocycles. The minimum atomic E-state index is -0.360. The number of rotatable bonds is 8. The topological polar surface area (TPSA) is 107 Å². The first-order valence-corrected chi connectivity index (χ1v) is 14.4. The fourth-order valence-electron chi connectivity index (χ4n) is 5.22. The van der Waals surface area contributed by atoms with Crippen LogP contribution in [0.3, 0.4) is 0 Å². The number of para-hydroxylation sites is 1. The fraction of sp³-hybridized carbons (Fsp3) is 0.393. The smallest absolute Gasteiger partial charge is 0.340 e. The predicted octanol–water partition coefficient (Wildman–Crippen LogP) is 3.93. The summed E-state index contributed by atoms with van der Waals surface area (Å²) < 4.78 is 10.9. The van der Waals surface area contributed by atoms with E-state index in [0.29, 0.717) is 44.1 Å². The molecule has 2 saturated heterocycles. The number of H-pyrrole nitrogens is 1. The normalized spacial score (nSPS) is 17.7. The van der Waals surface area contributed by atoms with Crippen LogP contribution < -0.4 is 15.5 Å². The highest BCUT2D eigenvalue weighted by Crippen LogP contribution is 2.32. The van der Waals surface area contributed by atoms with E-state index in [9.17, 15) is 4.79 Å². The van der Waals surface area contributed by atoms with Gasteiger partial charge in [0, 0.05) is 30.6 Å². The molecule has 3 N–H and O–H groups in total. The van der Waals surface area contributed by atoms with Crippen molar-refractivity contribution in [3.8, 4) is 0 Å². The van der Waals surface area contributed by atoms with Crippen LogP contribution in [-0.2, 0) is 16.0 Å². The lowest BCUT2D eigenvalue weighted by atomic mass is 10.1. The Balaban J connectivity index is 1.33. The molecule has 39 heavy (non-hydrogen) atoms. The number of hydrogen-bond acceptors (Lipinski definition) is 10. The van der Waals surface area contributed by atoms with Gasteiger partial charge in [0.25, 0.3) is 0 Å². The van der Waals surface area contributed by atoms with E-state index in [-0.39, 0.29) is 5.97 Å². The molecule has 5 heterocycles. The number of morpholine rings is 1. The lowest BCUT2D eigenvalue weighted by molar-refractivity contribution is 0.0524. The highest BCUT2D eigenvalue weighted by atomic mass is 32.1. The van der Waals surface area contributed by atoms with Gasteiger partial charge in [-0.25, -0.2) is 14.8 Å². The third-order valence-electron chi connectivity index (χ3n) is 7.19. The molecule has 0 bridgehead atoms. The van der Waals surface area contributed by atoms with Crippen LogP contribution in [0.5, 0.6) is 0 Å². The van der Waals surface area contributed by atoms with Crippen molar-refractivity contribution >= 4 is 39.9 Å². The van der Waals surface area contributed by atoms with Gasteiger partial charge >= 0.3 is 5.97 Å². The Morgan fingerprint density at radius 1 is 1.23 bits per heavy atom. The molecule has 0 radical (unpaired) electrons. The minimum absolute atomic E-state index is 0.323. The molecule has 204 valence electrons. The molecule has 3 aromatic rings. The van der Waals surface area contributed by atoms with E-state index in [1.54, 1.807) is 24.3 Å². The first-order valence-electron chi connectivity index (χ1n) is 13.4. The Bertz CT molecular complexity index is 1450. The van der Waals surface area contributed by atoms with Crippen molar-refractivity contribution in [2.75, 3.05) is 44.5 Å². The van der Waals surface area contributed by atoms with E-state index in [4.69, 9.17) is 19.5 Å². The first kappa shape index (κ1) is 25.4. The zero-order chi connectivity index (χ0) is 26.8. The lowest BCUT2D eigenvalue weighted by Crippen LogP contribution is -2.36. The van der Waals surface area contributed by atoms with Gasteiger partial charge in [-0.05, 0) is 42.5 Å². The molecule has 1 aromatic carbocycles. The zero-order valence-corrected chi connectivity index (χ0v) is 23.1. The molecular formula is C28H33N7O3S. The Labute approximate surface area is 231 Å². The largest absolute Gasteiger partial charge is 0.462 e. The molecule has 0 unspecified atom stereocenters. The number of carbonyl (C=O) groups is 1. The van der Waals surface area contributed by atoms with Crippen molar-refractivity contribution in [2.45, 2.75) is 33.2 Å². The average molecular weight is 548 g/mol. The molecule has 2 aromatic heterocycles. The molecule has 0 aliphatic carbocycles. The highest BCUT2D eigenvalue weighted by molar-refractivity contribution is 7.08. The van der Waals surface area contributed by atoms with E-state index >= 15 is 0 Å². The van der Waals surface area contributed by atoms with Crippen LogP contribution >= 0.6 is 11.3 Å². The number of aromatic amines is 1. The van der Waals surface area contributed by atoms with Gasteiger partial charge in [0.05, 0.1) is 55.5 Å². The van der Waals surface area contributed by atoms with Gasteiger partial charge < -0.3 is 34.9 Å².